The molecule has 0 N–H and O–H groups in total. The van der Waals surface area contributed by atoms with E-state index in [1.54, 1.807) is 0 Å². The van der Waals surface area contributed by atoms with Gasteiger partial charge in [0.2, 0.25) is 0 Å². The number of hydrogen-bond donors (Lipinski definition) is 0. The fourth-order valence-corrected chi connectivity index (χ4v) is 9.13. The third-order valence-corrected chi connectivity index (χ3v) is 11.9. The van der Waals surface area contributed by atoms with Crippen LogP contribution >= 0.6 is 0 Å². The topological polar surface area (TPSA) is 4.93 Å². The van der Waals surface area contributed by atoms with Gasteiger partial charge in [-0.3, -0.25) is 0 Å². The maximum Gasteiger partial charge on any atom is 0.0531 e. The number of fused-ring (bicyclic) bond motifs is 4. The van der Waals surface area contributed by atoms with Gasteiger partial charge in [0.25, 0.3) is 0 Å². The molecule has 1 heterocycles. The predicted molar refractivity (Wildman–Crippen MR) is 243 cm³/mol. The zero-order valence-electron chi connectivity index (χ0n) is 31.5. The van der Waals surface area contributed by atoms with E-state index in [0.717, 1.165) is 6.42 Å². The molecule has 1 aliphatic carbocycles. The zero-order valence-corrected chi connectivity index (χ0v) is 31.5. The summed E-state index contributed by atoms with van der Waals surface area (Å²) in [6.07, 6.45) is 9.92. The summed E-state index contributed by atoms with van der Waals surface area (Å²) in [4.78, 5) is 0. The summed E-state index contributed by atoms with van der Waals surface area (Å²) in [6, 6.07) is 71.7. The lowest BCUT2D eigenvalue weighted by Gasteiger charge is -2.20. The minimum atomic E-state index is 0.336. The van der Waals surface area contributed by atoms with Crippen molar-refractivity contribution in [2.75, 3.05) is 0 Å². The Morgan fingerprint density at radius 1 is 0.368 bits per heavy atom. The molecule has 9 aromatic carbocycles. The van der Waals surface area contributed by atoms with Gasteiger partial charge >= 0.3 is 0 Å². The molecule has 0 spiro atoms. The molecule has 10 aromatic rings. The van der Waals surface area contributed by atoms with E-state index in [1.807, 2.05) is 0 Å². The van der Waals surface area contributed by atoms with Gasteiger partial charge in [0.1, 0.15) is 0 Å². The van der Waals surface area contributed by atoms with Crippen LogP contribution < -0.4 is 0 Å². The minimum absolute atomic E-state index is 0.336. The molecule has 1 nitrogen and oxygen atoms in total. The summed E-state index contributed by atoms with van der Waals surface area (Å²) in [5.74, 6) is 0.336. The second-order valence-electron chi connectivity index (χ2n) is 15.2. The van der Waals surface area contributed by atoms with Crippen molar-refractivity contribution in [2.24, 2.45) is 0 Å². The molecule has 0 aliphatic heterocycles. The van der Waals surface area contributed by atoms with Gasteiger partial charge in [-0.2, -0.15) is 0 Å². The van der Waals surface area contributed by atoms with Gasteiger partial charge in [-0.25, -0.2) is 0 Å². The highest BCUT2D eigenvalue weighted by Gasteiger charge is 2.19. The van der Waals surface area contributed by atoms with Gasteiger partial charge in [-0.1, -0.05) is 176 Å². The Hall–Kier alpha value is -7.22. The summed E-state index contributed by atoms with van der Waals surface area (Å²) in [7, 11) is 0. The molecule has 268 valence electrons. The second-order valence-corrected chi connectivity index (χ2v) is 15.2. The summed E-state index contributed by atoms with van der Waals surface area (Å²) in [5.41, 5.74) is 12.4. The molecule has 57 heavy (non-hydrogen) atoms. The molecular weight excluding hydrogens is 687 g/mol. The first-order chi connectivity index (χ1) is 28.3. The first kappa shape index (κ1) is 33.1. The van der Waals surface area contributed by atoms with Gasteiger partial charge < -0.3 is 4.57 Å². The summed E-state index contributed by atoms with van der Waals surface area (Å²) in [5, 5.41) is 10.0. The molecule has 1 atom stereocenters. The molecule has 0 radical (unpaired) electrons. The third kappa shape index (κ3) is 5.79. The Morgan fingerprint density at radius 3 is 1.63 bits per heavy atom. The predicted octanol–water partition coefficient (Wildman–Crippen LogP) is 15.4. The average molecular weight is 726 g/mol. The van der Waals surface area contributed by atoms with Gasteiger partial charge in [0.15, 0.2) is 0 Å². The number of allylic oxidation sites excluding steroid dienone is 4. The van der Waals surface area contributed by atoms with E-state index >= 15 is 0 Å². The van der Waals surface area contributed by atoms with Gasteiger partial charge in [-0.05, 0) is 131 Å². The number of hydrogen-bond acceptors (Lipinski definition) is 0. The lowest BCUT2D eigenvalue weighted by Crippen LogP contribution is -2.07. The van der Waals surface area contributed by atoms with Crippen molar-refractivity contribution in [1.29, 1.82) is 0 Å². The quantitative estimate of drug-likeness (QED) is 0.150. The lowest BCUT2D eigenvalue weighted by atomic mass is 9.87. The zero-order chi connectivity index (χ0) is 37.7. The van der Waals surface area contributed by atoms with E-state index in [9.17, 15) is 0 Å². The molecule has 1 aliphatic rings. The summed E-state index contributed by atoms with van der Waals surface area (Å²) in [6.45, 7) is 0. The maximum absolute atomic E-state index is 2.45. The number of nitrogens with zero attached hydrogens (tertiary/aromatic N) is 1. The maximum atomic E-state index is 2.45. The van der Waals surface area contributed by atoms with Crippen molar-refractivity contribution in [1.82, 2.24) is 4.57 Å². The number of benzene rings is 9. The Labute approximate surface area is 333 Å². The van der Waals surface area contributed by atoms with E-state index in [4.69, 9.17) is 0 Å². The molecule has 0 saturated carbocycles. The molecule has 0 fully saturated rings. The van der Waals surface area contributed by atoms with Crippen LogP contribution in [-0.4, -0.2) is 4.57 Å². The first-order valence-corrected chi connectivity index (χ1v) is 19.9. The molecule has 0 amide bonds. The molecule has 1 unspecified atom stereocenters. The SMILES string of the molecule is C1=CCC(c2ccc(-c3ccccc3)n2-c2ccc(-c3ccc4cc5c(-c6cccc7ccccc67)ccc(-c6cccc7ccccc67)c5cc4c3)cc2)C=C1. The van der Waals surface area contributed by atoms with Crippen LogP contribution in [0.3, 0.4) is 0 Å². The summed E-state index contributed by atoms with van der Waals surface area (Å²) >= 11 is 0. The Kier molecular flexibility index (Phi) is 8.03. The minimum Gasteiger partial charge on any atom is -0.313 e. The highest BCUT2D eigenvalue weighted by Crippen LogP contribution is 2.43. The van der Waals surface area contributed by atoms with Crippen LogP contribution in [0.5, 0.6) is 0 Å². The fraction of sp³-hybridized carbons (Fsp3) is 0.0357. The van der Waals surface area contributed by atoms with Crippen LogP contribution in [0, 0.1) is 0 Å². The van der Waals surface area contributed by atoms with Crippen LogP contribution in [-0.2, 0) is 0 Å². The lowest BCUT2D eigenvalue weighted by molar-refractivity contribution is 0.786. The van der Waals surface area contributed by atoms with Crippen molar-refractivity contribution in [3.8, 4) is 50.3 Å². The standard InChI is InChI=1S/C56H39N/c1-3-15-41(16-4-1)55-33-34-56(42-17-5-2-6-18-42)57(55)46-29-27-38(28-30-46)43-25-26-44-36-53-51(49-23-11-19-39-13-7-9-21-47(39)49)31-32-52(54(53)37-45(44)35-43)50-24-12-20-40-14-8-10-22-48(40)50/h1-17,19-37,42H,18H2. The van der Waals surface area contributed by atoms with Crippen LogP contribution in [0.15, 0.2) is 218 Å². The number of rotatable bonds is 6. The van der Waals surface area contributed by atoms with E-state index in [2.05, 4.69) is 223 Å². The van der Waals surface area contributed by atoms with Crippen molar-refractivity contribution >= 4 is 43.1 Å². The normalized spacial score (nSPS) is 13.9. The molecule has 11 rings (SSSR count). The largest absolute Gasteiger partial charge is 0.313 e. The van der Waals surface area contributed by atoms with Crippen molar-refractivity contribution in [2.45, 2.75) is 12.3 Å². The third-order valence-electron chi connectivity index (χ3n) is 11.9. The van der Waals surface area contributed by atoms with Gasteiger partial charge in [0, 0.05) is 17.3 Å². The van der Waals surface area contributed by atoms with Crippen molar-refractivity contribution in [3.63, 3.8) is 0 Å². The van der Waals surface area contributed by atoms with E-state index in [0.29, 0.717) is 5.92 Å². The van der Waals surface area contributed by atoms with Gasteiger partial charge in [-0.15, -0.1) is 0 Å². The molecular formula is C56H39N. The molecule has 0 saturated heterocycles. The fourth-order valence-electron chi connectivity index (χ4n) is 9.13. The average Bonchev–Trinajstić information content (AvgIpc) is 3.74. The molecule has 1 heteroatoms. The van der Waals surface area contributed by atoms with Crippen LogP contribution in [0.25, 0.3) is 93.4 Å². The summed E-state index contributed by atoms with van der Waals surface area (Å²) < 4.78 is 2.45. The van der Waals surface area contributed by atoms with Crippen molar-refractivity contribution < 1.29 is 0 Å². The Bertz CT molecular complexity index is 3180. The monoisotopic (exact) mass is 725 g/mol. The van der Waals surface area contributed by atoms with E-state index < -0.39 is 0 Å². The molecule has 1 aromatic heterocycles. The molecule has 0 bridgehead atoms. The Balaban J connectivity index is 1.06. The highest BCUT2D eigenvalue weighted by molar-refractivity contribution is 6.16. The van der Waals surface area contributed by atoms with E-state index in [-0.39, 0.29) is 0 Å². The van der Waals surface area contributed by atoms with Crippen LogP contribution in [0.2, 0.25) is 0 Å². The van der Waals surface area contributed by atoms with E-state index in [1.165, 1.54) is 99.1 Å². The Morgan fingerprint density at radius 2 is 0.965 bits per heavy atom. The number of aromatic nitrogens is 1. The first-order valence-electron chi connectivity index (χ1n) is 19.9. The smallest absolute Gasteiger partial charge is 0.0531 e. The highest BCUT2D eigenvalue weighted by atomic mass is 15.0. The van der Waals surface area contributed by atoms with Crippen molar-refractivity contribution in [3.05, 3.63) is 224 Å². The van der Waals surface area contributed by atoms with Crippen LogP contribution in [0.4, 0.5) is 0 Å². The van der Waals surface area contributed by atoms with Crippen LogP contribution in [0.1, 0.15) is 18.0 Å². The second kappa shape index (κ2) is 13.8. The van der Waals surface area contributed by atoms with Gasteiger partial charge in [0.05, 0.1) is 5.69 Å².